The molecule has 0 aromatic heterocycles. The molecule has 4 atom stereocenters. The third-order valence-corrected chi connectivity index (χ3v) is 1.83. The van der Waals surface area contributed by atoms with Crippen molar-refractivity contribution in [2.45, 2.75) is 24.5 Å². The molecule has 0 bridgehead atoms. The second-order valence-corrected chi connectivity index (χ2v) is 2.67. The second kappa shape index (κ2) is 3.46. The first-order valence-electron chi connectivity index (χ1n) is 3.50. The van der Waals surface area contributed by atoms with Gasteiger partial charge in [-0.3, -0.25) is 0 Å². The number of methoxy groups -OCH3 is 1. The summed E-state index contributed by atoms with van der Waals surface area (Å²) in [6.07, 6.45) is -1.28. The molecule has 1 rings (SSSR count). The molecule has 0 amide bonds. The van der Waals surface area contributed by atoms with E-state index < -0.39 is 24.5 Å². The van der Waals surface area contributed by atoms with Crippen LogP contribution in [0.1, 0.15) is 0 Å². The third kappa shape index (κ3) is 1.69. The summed E-state index contributed by atoms with van der Waals surface area (Å²) in [7, 11) is 1.48. The number of hydrogen-bond donors (Lipinski definition) is 3. The van der Waals surface area contributed by atoms with E-state index in [0.717, 1.165) is 0 Å². The predicted molar refractivity (Wildman–Crippen MR) is 38.7 cm³/mol. The van der Waals surface area contributed by atoms with Crippen LogP contribution in [0.25, 0.3) is 0 Å². The van der Waals surface area contributed by atoms with E-state index in [4.69, 9.17) is 20.9 Å². The fraction of sp³-hybridized carbons (Fsp3) is 1.00. The Hall–Kier alpha value is -0.200. The Balaban J connectivity index is 2.52. The monoisotopic (exact) mass is 162 g/mol. The highest BCUT2D eigenvalue weighted by molar-refractivity contribution is 4.87. The van der Waals surface area contributed by atoms with Crippen LogP contribution in [0.15, 0.2) is 0 Å². The molecule has 0 spiro atoms. The van der Waals surface area contributed by atoms with E-state index in [1.165, 1.54) is 7.11 Å². The largest absolute Gasteiger partial charge is 0.390 e. The van der Waals surface area contributed by atoms with Crippen molar-refractivity contribution in [1.29, 1.82) is 0 Å². The molecule has 5 N–H and O–H groups in total. The summed E-state index contributed by atoms with van der Waals surface area (Å²) >= 11 is 0. The summed E-state index contributed by atoms with van der Waals surface area (Å²) in [4.78, 5) is 0. The number of ether oxygens (including phenoxy) is 2. The fourth-order valence-electron chi connectivity index (χ4n) is 1.09. The lowest BCUT2D eigenvalue weighted by atomic mass is 10.0. The summed E-state index contributed by atoms with van der Waals surface area (Å²) in [5.41, 5.74) is 11.0. The summed E-state index contributed by atoms with van der Waals surface area (Å²) in [5, 5.41) is 9.34. The van der Waals surface area contributed by atoms with Crippen LogP contribution in [0.4, 0.5) is 0 Å². The minimum absolute atomic E-state index is 0.285. The van der Waals surface area contributed by atoms with Gasteiger partial charge in [-0.1, -0.05) is 0 Å². The highest BCUT2D eigenvalue weighted by atomic mass is 16.7. The Kier molecular flexibility index (Phi) is 2.80. The number of aliphatic hydroxyl groups is 1. The van der Waals surface area contributed by atoms with Crippen molar-refractivity contribution in [3.63, 3.8) is 0 Å². The number of rotatable bonds is 1. The SMILES string of the molecule is COC1OCC(N)C(O)C1N. The minimum atomic E-state index is -0.742. The van der Waals surface area contributed by atoms with Gasteiger partial charge in [0, 0.05) is 7.11 Å². The average Bonchev–Trinajstić information content (AvgIpc) is 2.01. The molecule has 0 aliphatic carbocycles. The standard InChI is InChI=1S/C6H14N2O3/c1-10-6-4(8)5(9)3(7)2-11-6/h3-6,9H,2,7-8H2,1H3. The Bertz CT molecular complexity index is 131. The maximum absolute atomic E-state index is 9.34. The Morgan fingerprint density at radius 3 is 2.73 bits per heavy atom. The maximum Gasteiger partial charge on any atom is 0.174 e. The van der Waals surface area contributed by atoms with Crippen LogP contribution in [0.5, 0.6) is 0 Å². The van der Waals surface area contributed by atoms with Gasteiger partial charge in [-0.05, 0) is 0 Å². The summed E-state index contributed by atoms with van der Waals surface area (Å²) in [6.45, 7) is 0.285. The molecule has 0 radical (unpaired) electrons. The number of nitrogens with two attached hydrogens (primary N) is 2. The summed E-state index contributed by atoms with van der Waals surface area (Å²) in [6, 6.07) is -0.958. The van der Waals surface area contributed by atoms with Crippen LogP contribution in [-0.2, 0) is 9.47 Å². The zero-order valence-corrected chi connectivity index (χ0v) is 6.43. The van der Waals surface area contributed by atoms with Crippen LogP contribution < -0.4 is 11.5 Å². The van der Waals surface area contributed by atoms with E-state index in [1.807, 2.05) is 0 Å². The van der Waals surface area contributed by atoms with Crippen LogP contribution in [-0.4, -0.2) is 43.3 Å². The first kappa shape index (κ1) is 8.89. The van der Waals surface area contributed by atoms with Crippen LogP contribution in [0, 0.1) is 0 Å². The van der Waals surface area contributed by atoms with Gasteiger partial charge in [0.25, 0.3) is 0 Å². The molecule has 1 fully saturated rings. The molecule has 5 heteroatoms. The van der Waals surface area contributed by atoms with Crippen molar-refractivity contribution in [1.82, 2.24) is 0 Å². The van der Waals surface area contributed by atoms with E-state index >= 15 is 0 Å². The summed E-state index contributed by atoms with van der Waals surface area (Å²) < 4.78 is 9.95. The molecule has 1 saturated heterocycles. The molecular weight excluding hydrogens is 148 g/mol. The lowest BCUT2D eigenvalue weighted by Crippen LogP contribution is -2.60. The van der Waals surface area contributed by atoms with Crippen molar-refractivity contribution < 1.29 is 14.6 Å². The minimum Gasteiger partial charge on any atom is -0.390 e. The van der Waals surface area contributed by atoms with Crippen molar-refractivity contribution in [3.05, 3.63) is 0 Å². The van der Waals surface area contributed by atoms with Crippen molar-refractivity contribution in [2.75, 3.05) is 13.7 Å². The van der Waals surface area contributed by atoms with Gasteiger partial charge < -0.3 is 26.0 Å². The van der Waals surface area contributed by atoms with E-state index in [9.17, 15) is 5.11 Å². The molecule has 1 aliphatic heterocycles. The first-order chi connectivity index (χ1) is 5.16. The highest BCUT2D eigenvalue weighted by Crippen LogP contribution is 2.12. The Morgan fingerprint density at radius 2 is 2.18 bits per heavy atom. The molecule has 0 saturated carbocycles. The molecule has 4 unspecified atom stereocenters. The van der Waals surface area contributed by atoms with Crippen molar-refractivity contribution in [2.24, 2.45) is 11.5 Å². The zero-order chi connectivity index (χ0) is 8.43. The zero-order valence-electron chi connectivity index (χ0n) is 6.43. The van der Waals surface area contributed by atoms with Crippen molar-refractivity contribution in [3.8, 4) is 0 Å². The molecule has 0 aromatic carbocycles. The van der Waals surface area contributed by atoms with Crippen LogP contribution >= 0.6 is 0 Å². The van der Waals surface area contributed by atoms with E-state index in [-0.39, 0.29) is 6.61 Å². The van der Waals surface area contributed by atoms with Gasteiger partial charge >= 0.3 is 0 Å². The molecule has 1 aliphatic rings. The number of hydrogen-bond acceptors (Lipinski definition) is 5. The lowest BCUT2D eigenvalue weighted by molar-refractivity contribution is -0.188. The normalized spacial score (nSPS) is 45.8. The van der Waals surface area contributed by atoms with Crippen LogP contribution in [0.3, 0.4) is 0 Å². The van der Waals surface area contributed by atoms with Gasteiger partial charge in [0.2, 0.25) is 0 Å². The van der Waals surface area contributed by atoms with E-state index in [0.29, 0.717) is 0 Å². The Morgan fingerprint density at radius 1 is 1.55 bits per heavy atom. The van der Waals surface area contributed by atoms with E-state index in [2.05, 4.69) is 0 Å². The van der Waals surface area contributed by atoms with Gasteiger partial charge in [0.05, 0.1) is 24.8 Å². The predicted octanol–water partition coefficient (Wildman–Crippen LogP) is -2.00. The average molecular weight is 162 g/mol. The van der Waals surface area contributed by atoms with Gasteiger partial charge in [-0.2, -0.15) is 0 Å². The molecule has 0 aromatic rings. The first-order valence-corrected chi connectivity index (χ1v) is 3.50. The topological polar surface area (TPSA) is 90.7 Å². The maximum atomic E-state index is 9.34. The van der Waals surface area contributed by atoms with Gasteiger partial charge in [0.15, 0.2) is 6.29 Å². The van der Waals surface area contributed by atoms with E-state index in [1.54, 1.807) is 0 Å². The third-order valence-electron chi connectivity index (χ3n) is 1.83. The smallest absolute Gasteiger partial charge is 0.174 e. The number of aliphatic hydroxyl groups excluding tert-OH is 1. The fourth-order valence-corrected chi connectivity index (χ4v) is 1.09. The molecule has 66 valence electrons. The Labute approximate surface area is 65.3 Å². The molecule has 1 heterocycles. The van der Waals surface area contributed by atoms with Gasteiger partial charge in [0.1, 0.15) is 0 Å². The second-order valence-electron chi connectivity index (χ2n) is 2.67. The van der Waals surface area contributed by atoms with Gasteiger partial charge in [-0.15, -0.1) is 0 Å². The van der Waals surface area contributed by atoms with Gasteiger partial charge in [-0.25, -0.2) is 0 Å². The summed E-state index contributed by atoms with van der Waals surface area (Å²) in [5.74, 6) is 0. The molecular formula is C6H14N2O3. The van der Waals surface area contributed by atoms with Crippen LogP contribution in [0.2, 0.25) is 0 Å². The molecule has 5 nitrogen and oxygen atoms in total. The van der Waals surface area contributed by atoms with Crippen molar-refractivity contribution >= 4 is 0 Å². The lowest BCUT2D eigenvalue weighted by Gasteiger charge is -2.35. The quantitative estimate of drug-likeness (QED) is 0.415. The highest BCUT2D eigenvalue weighted by Gasteiger charge is 2.35. The molecule has 11 heavy (non-hydrogen) atoms.